The molecule has 21 heavy (non-hydrogen) atoms. The summed E-state index contributed by atoms with van der Waals surface area (Å²) in [6.45, 7) is 1.70. The van der Waals surface area contributed by atoms with Crippen LogP contribution in [0.25, 0.3) is 0 Å². The average molecular weight is 326 g/mol. The van der Waals surface area contributed by atoms with Crippen LogP contribution < -0.4 is 15.8 Å². The van der Waals surface area contributed by atoms with Crippen LogP contribution in [0.5, 0.6) is 0 Å². The molecule has 0 spiro atoms. The van der Waals surface area contributed by atoms with Gasteiger partial charge in [0.15, 0.2) is 0 Å². The molecule has 9 heteroatoms. The second kappa shape index (κ2) is 5.80. The van der Waals surface area contributed by atoms with E-state index in [9.17, 15) is 13.2 Å². The predicted octanol–water partition coefficient (Wildman–Crippen LogP) is 1.19. The lowest BCUT2D eigenvalue weighted by Crippen LogP contribution is -2.18. The molecule has 2 aromatic rings. The van der Waals surface area contributed by atoms with Crippen molar-refractivity contribution in [1.82, 2.24) is 9.10 Å². The molecule has 0 bridgehead atoms. The Morgan fingerprint density at radius 2 is 1.90 bits per heavy atom. The standard InChI is InChI=1S/C12H14N4O3S2/c1-7-10(11(13)20-16-7)12(17)15-8-3-5-9(6-4-8)21(18,19)14-2/h3-6,14H,13H2,1-2H3,(H,15,17). The third-order valence-electron chi connectivity index (χ3n) is 2.81. The lowest BCUT2D eigenvalue weighted by molar-refractivity contribution is 0.102. The number of hydrogen-bond donors (Lipinski definition) is 3. The summed E-state index contributed by atoms with van der Waals surface area (Å²) in [6, 6.07) is 5.83. The lowest BCUT2D eigenvalue weighted by Gasteiger charge is -2.07. The predicted molar refractivity (Wildman–Crippen MR) is 81.9 cm³/mol. The maximum Gasteiger partial charge on any atom is 0.260 e. The zero-order valence-electron chi connectivity index (χ0n) is 11.4. The Labute approximate surface area is 126 Å². The number of aromatic nitrogens is 1. The molecule has 1 aromatic heterocycles. The molecule has 1 amide bonds. The van der Waals surface area contributed by atoms with Gasteiger partial charge >= 0.3 is 0 Å². The fourth-order valence-corrected chi connectivity index (χ4v) is 3.08. The van der Waals surface area contributed by atoms with E-state index in [2.05, 4.69) is 14.4 Å². The molecule has 0 radical (unpaired) electrons. The first-order chi connectivity index (χ1) is 9.85. The fourth-order valence-electron chi connectivity index (χ4n) is 1.69. The van der Waals surface area contributed by atoms with Gasteiger partial charge < -0.3 is 11.1 Å². The summed E-state index contributed by atoms with van der Waals surface area (Å²) in [5.74, 6) is -0.372. The van der Waals surface area contributed by atoms with E-state index in [4.69, 9.17) is 5.73 Å². The van der Waals surface area contributed by atoms with Crippen LogP contribution in [0.1, 0.15) is 16.1 Å². The van der Waals surface area contributed by atoms with Crippen LogP contribution in [0.4, 0.5) is 10.7 Å². The van der Waals surface area contributed by atoms with Gasteiger partial charge in [0, 0.05) is 5.69 Å². The van der Waals surface area contributed by atoms with Crippen molar-refractivity contribution >= 4 is 38.2 Å². The van der Waals surface area contributed by atoms with Gasteiger partial charge in [-0.3, -0.25) is 4.79 Å². The number of anilines is 2. The summed E-state index contributed by atoms with van der Waals surface area (Å²) in [5.41, 5.74) is 7.07. The van der Waals surface area contributed by atoms with Gasteiger partial charge in [0.2, 0.25) is 10.0 Å². The normalized spacial score (nSPS) is 11.3. The largest absolute Gasteiger partial charge is 0.389 e. The number of sulfonamides is 1. The minimum Gasteiger partial charge on any atom is -0.389 e. The molecule has 0 saturated carbocycles. The summed E-state index contributed by atoms with van der Waals surface area (Å²) >= 11 is 1.06. The summed E-state index contributed by atoms with van der Waals surface area (Å²) in [5, 5.41) is 3.00. The monoisotopic (exact) mass is 326 g/mol. The molecule has 0 saturated heterocycles. The van der Waals surface area contributed by atoms with Crippen molar-refractivity contribution in [2.75, 3.05) is 18.1 Å². The molecule has 1 heterocycles. The molecule has 0 aliphatic carbocycles. The molecule has 4 N–H and O–H groups in total. The van der Waals surface area contributed by atoms with Crippen LogP contribution in [-0.4, -0.2) is 25.7 Å². The van der Waals surface area contributed by atoms with E-state index >= 15 is 0 Å². The smallest absolute Gasteiger partial charge is 0.260 e. The second-order valence-corrected chi connectivity index (χ2v) is 6.88. The summed E-state index contributed by atoms with van der Waals surface area (Å²) in [4.78, 5) is 12.2. The zero-order chi connectivity index (χ0) is 15.6. The van der Waals surface area contributed by atoms with E-state index in [0.717, 1.165) is 11.5 Å². The van der Waals surface area contributed by atoms with Crippen LogP contribution in [0.2, 0.25) is 0 Å². The molecule has 7 nitrogen and oxygen atoms in total. The summed E-state index contributed by atoms with van der Waals surface area (Å²) in [6.07, 6.45) is 0. The highest BCUT2D eigenvalue weighted by molar-refractivity contribution is 7.89. The molecule has 0 fully saturated rings. The minimum absolute atomic E-state index is 0.121. The van der Waals surface area contributed by atoms with E-state index in [-0.39, 0.29) is 10.8 Å². The number of benzene rings is 1. The topological polar surface area (TPSA) is 114 Å². The van der Waals surface area contributed by atoms with E-state index in [1.165, 1.54) is 31.3 Å². The van der Waals surface area contributed by atoms with Gasteiger partial charge in [-0.1, -0.05) is 0 Å². The number of carbonyl (C=O) groups excluding carboxylic acids is 1. The average Bonchev–Trinajstić information content (AvgIpc) is 2.78. The number of nitrogens with one attached hydrogen (secondary N) is 2. The zero-order valence-corrected chi connectivity index (χ0v) is 13.0. The molecule has 2 rings (SSSR count). The van der Waals surface area contributed by atoms with E-state index in [0.29, 0.717) is 21.9 Å². The molecule has 1 aromatic carbocycles. The highest BCUT2D eigenvalue weighted by atomic mass is 32.2. The van der Waals surface area contributed by atoms with Crippen LogP contribution in [-0.2, 0) is 10.0 Å². The van der Waals surface area contributed by atoms with Crippen molar-refractivity contribution in [3.8, 4) is 0 Å². The maximum absolute atomic E-state index is 12.1. The number of nitrogen functional groups attached to an aromatic ring is 1. The molecule has 0 aliphatic rings. The van der Waals surface area contributed by atoms with Gasteiger partial charge in [0.05, 0.1) is 16.2 Å². The number of nitrogens with two attached hydrogens (primary N) is 1. The maximum atomic E-state index is 12.1. The van der Waals surface area contributed by atoms with Crippen LogP contribution >= 0.6 is 11.5 Å². The first kappa shape index (κ1) is 15.4. The lowest BCUT2D eigenvalue weighted by atomic mass is 10.2. The van der Waals surface area contributed by atoms with Crippen molar-refractivity contribution < 1.29 is 13.2 Å². The first-order valence-electron chi connectivity index (χ1n) is 5.92. The van der Waals surface area contributed by atoms with Gasteiger partial charge in [-0.2, -0.15) is 4.37 Å². The second-order valence-electron chi connectivity index (χ2n) is 4.19. The molecular weight excluding hydrogens is 312 g/mol. The van der Waals surface area contributed by atoms with Gasteiger partial charge in [-0.15, -0.1) is 0 Å². The SMILES string of the molecule is CNS(=O)(=O)c1ccc(NC(=O)c2c(C)nsc2N)cc1. The van der Waals surface area contributed by atoms with Crippen LogP contribution in [0.3, 0.4) is 0 Å². The highest BCUT2D eigenvalue weighted by Crippen LogP contribution is 2.22. The van der Waals surface area contributed by atoms with Gasteiger partial charge in [0.1, 0.15) is 5.00 Å². The quantitative estimate of drug-likeness (QED) is 0.781. The minimum atomic E-state index is -3.49. The third kappa shape index (κ3) is 3.20. The van der Waals surface area contributed by atoms with Crippen LogP contribution in [0.15, 0.2) is 29.2 Å². The van der Waals surface area contributed by atoms with E-state index in [1.54, 1.807) is 6.92 Å². The Kier molecular flexibility index (Phi) is 4.26. The fraction of sp³-hybridized carbons (Fsp3) is 0.167. The van der Waals surface area contributed by atoms with Crippen molar-refractivity contribution in [2.24, 2.45) is 0 Å². The third-order valence-corrected chi connectivity index (χ3v) is 5.00. The Morgan fingerprint density at radius 3 is 2.38 bits per heavy atom. The molecular formula is C12H14N4O3S2. The number of aryl methyl sites for hydroxylation is 1. The number of carbonyl (C=O) groups is 1. The Bertz CT molecular complexity index is 747. The molecule has 0 unspecified atom stereocenters. The summed E-state index contributed by atoms with van der Waals surface area (Å²) < 4.78 is 29.4. The van der Waals surface area contributed by atoms with Crippen molar-refractivity contribution in [2.45, 2.75) is 11.8 Å². The van der Waals surface area contributed by atoms with E-state index < -0.39 is 10.0 Å². The number of nitrogens with zero attached hydrogens (tertiary/aromatic N) is 1. The number of hydrogen-bond acceptors (Lipinski definition) is 6. The molecule has 0 atom stereocenters. The Hall–Kier alpha value is -1.97. The number of rotatable bonds is 4. The van der Waals surface area contributed by atoms with E-state index in [1.807, 2.05) is 0 Å². The first-order valence-corrected chi connectivity index (χ1v) is 8.17. The Balaban J connectivity index is 2.20. The van der Waals surface area contributed by atoms with Gasteiger partial charge in [0.25, 0.3) is 5.91 Å². The molecule has 0 aliphatic heterocycles. The summed E-state index contributed by atoms with van der Waals surface area (Å²) in [7, 11) is -2.16. The Morgan fingerprint density at radius 1 is 1.29 bits per heavy atom. The van der Waals surface area contributed by atoms with Crippen molar-refractivity contribution in [1.29, 1.82) is 0 Å². The van der Waals surface area contributed by atoms with Gasteiger partial charge in [-0.05, 0) is 49.8 Å². The van der Waals surface area contributed by atoms with Crippen molar-refractivity contribution in [3.63, 3.8) is 0 Å². The van der Waals surface area contributed by atoms with Crippen molar-refractivity contribution in [3.05, 3.63) is 35.5 Å². The molecule has 112 valence electrons. The van der Waals surface area contributed by atoms with Gasteiger partial charge in [-0.25, -0.2) is 13.1 Å². The number of amides is 1. The van der Waals surface area contributed by atoms with Crippen LogP contribution in [0, 0.1) is 6.92 Å². The highest BCUT2D eigenvalue weighted by Gasteiger charge is 2.17.